The Morgan fingerprint density at radius 1 is 1.28 bits per heavy atom. The van der Waals surface area contributed by atoms with E-state index in [9.17, 15) is 4.79 Å². The normalized spacial score (nSPS) is 29.1. The highest BCUT2D eigenvalue weighted by atomic mass is 16.2. The van der Waals surface area contributed by atoms with Crippen LogP contribution in [0, 0.1) is 5.92 Å². The molecule has 4 nitrogen and oxygen atoms in total. The number of nitrogens with zero attached hydrogens (tertiary/aromatic N) is 2. The van der Waals surface area contributed by atoms with Crippen molar-refractivity contribution in [3.8, 4) is 0 Å². The average molecular weight is 251 g/mol. The molecule has 3 fully saturated rings. The molecule has 0 spiro atoms. The number of hydrogen-bond acceptors (Lipinski definition) is 3. The minimum Gasteiger partial charge on any atom is -0.302 e. The van der Waals surface area contributed by atoms with Gasteiger partial charge in [0.2, 0.25) is 0 Å². The van der Waals surface area contributed by atoms with Gasteiger partial charge in [-0.15, -0.1) is 0 Å². The summed E-state index contributed by atoms with van der Waals surface area (Å²) in [6.45, 7) is 1.84. The first-order chi connectivity index (χ1) is 8.74. The maximum Gasteiger partial charge on any atom is 0.255 e. The first-order valence-electron chi connectivity index (χ1n) is 7.52. The molecule has 0 aromatic carbocycles. The van der Waals surface area contributed by atoms with Gasteiger partial charge in [-0.3, -0.25) is 9.80 Å². The topological polar surface area (TPSA) is 35.6 Å². The third kappa shape index (κ3) is 2.69. The van der Waals surface area contributed by atoms with Crippen LogP contribution in [0.25, 0.3) is 0 Å². The minimum atomic E-state index is 0.134. The number of nitrogens with one attached hydrogen (secondary N) is 1. The van der Waals surface area contributed by atoms with Gasteiger partial charge in [-0.05, 0) is 32.2 Å². The van der Waals surface area contributed by atoms with Crippen LogP contribution < -0.4 is 5.43 Å². The lowest BCUT2D eigenvalue weighted by molar-refractivity contribution is -0.153. The van der Waals surface area contributed by atoms with E-state index in [1.54, 1.807) is 0 Å². The quantitative estimate of drug-likeness (QED) is 0.774. The Balaban J connectivity index is 1.35. The summed E-state index contributed by atoms with van der Waals surface area (Å²) in [5, 5.41) is 1.82. The Kier molecular flexibility index (Phi) is 3.57. The molecule has 3 rings (SSSR count). The Hall–Kier alpha value is -0.610. The van der Waals surface area contributed by atoms with Crippen LogP contribution in [0.1, 0.15) is 44.9 Å². The number of likely N-dealkylation sites (N-methyl/N-ethyl adjacent to an activating group) is 1. The second-order valence-electron chi connectivity index (χ2n) is 6.27. The molecule has 1 aliphatic heterocycles. The van der Waals surface area contributed by atoms with E-state index in [1.807, 2.05) is 5.01 Å². The lowest BCUT2D eigenvalue weighted by Crippen LogP contribution is -2.67. The summed E-state index contributed by atoms with van der Waals surface area (Å²) in [6.07, 6.45) is 9.14. The molecule has 102 valence electrons. The maximum atomic E-state index is 11.9. The van der Waals surface area contributed by atoms with E-state index in [0.29, 0.717) is 5.91 Å². The second kappa shape index (κ2) is 5.17. The zero-order chi connectivity index (χ0) is 12.5. The zero-order valence-electron chi connectivity index (χ0n) is 11.4. The fourth-order valence-electron chi connectivity index (χ4n) is 3.23. The first-order valence-corrected chi connectivity index (χ1v) is 7.52. The standard InChI is InChI=1S/C14H25N3O/c1-16(12-4-2-3-5-12)8-9-17-14(18)13(15-17)10-11-6-7-11/h11-13,15H,2-10H2,1H3. The molecule has 0 aromatic heterocycles. The summed E-state index contributed by atoms with van der Waals surface area (Å²) in [5.41, 5.74) is 3.30. The van der Waals surface area contributed by atoms with Crippen molar-refractivity contribution >= 4 is 5.91 Å². The van der Waals surface area contributed by atoms with Crippen LogP contribution in [0.3, 0.4) is 0 Å². The number of hydrogen-bond donors (Lipinski definition) is 1. The smallest absolute Gasteiger partial charge is 0.255 e. The van der Waals surface area contributed by atoms with Crippen molar-refractivity contribution < 1.29 is 4.79 Å². The van der Waals surface area contributed by atoms with E-state index in [4.69, 9.17) is 0 Å². The van der Waals surface area contributed by atoms with Crippen molar-refractivity contribution in [1.82, 2.24) is 15.3 Å². The third-order valence-corrected chi connectivity index (χ3v) is 4.77. The van der Waals surface area contributed by atoms with Crippen molar-refractivity contribution in [1.29, 1.82) is 0 Å². The van der Waals surface area contributed by atoms with Crippen LogP contribution in [-0.4, -0.2) is 48.0 Å². The maximum absolute atomic E-state index is 11.9. The Morgan fingerprint density at radius 2 is 2.00 bits per heavy atom. The molecule has 0 radical (unpaired) electrons. The van der Waals surface area contributed by atoms with E-state index < -0.39 is 0 Å². The van der Waals surface area contributed by atoms with Gasteiger partial charge in [0, 0.05) is 12.6 Å². The van der Waals surface area contributed by atoms with Gasteiger partial charge >= 0.3 is 0 Å². The van der Waals surface area contributed by atoms with Crippen molar-refractivity contribution in [3.05, 3.63) is 0 Å². The Bertz CT molecular complexity index is 310. The lowest BCUT2D eigenvalue weighted by Gasteiger charge is -2.40. The van der Waals surface area contributed by atoms with Crippen molar-refractivity contribution in [2.75, 3.05) is 20.1 Å². The van der Waals surface area contributed by atoms with Crippen LogP contribution in [0.4, 0.5) is 0 Å². The van der Waals surface area contributed by atoms with Gasteiger partial charge in [0.05, 0.1) is 6.54 Å². The molecule has 2 saturated carbocycles. The third-order valence-electron chi connectivity index (χ3n) is 4.77. The van der Waals surface area contributed by atoms with Gasteiger partial charge in [-0.2, -0.15) is 0 Å². The number of carbonyl (C=O) groups is 1. The SMILES string of the molecule is CN(CCN1NC(CC2CC2)C1=O)C1CCCC1. The van der Waals surface area contributed by atoms with Gasteiger partial charge in [0.1, 0.15) is 6.04 Å². The number of rotatable bonds is 6. The summed E-state index contributed by atoms with van der Waals surface area (Å²) in [7, 11) is 2.20. The summed E-state index contributed by atoms with van der Waals surface area (Å²) < 4.78 is 0. The minimum absolute atomic E-state index is 0.134. The molecule has 0 bridgehead atoms. The molecule has 1 heterocycles. The van der Waals surface area contributed by atoms with Crippen molar-refractivity contribution in [3.63, 3.8) is 0 Å². The van der Waals surface area contributed by atoms with E-state index in [2.05, 4.69) is 17.4 Å². The molecule has 1 amide bonds. The van der Waals surface area contributed by atoms with Crippen LogP contribution in [-0.2, 0) is 4.79 Å². The molecule has 3 aliphatic rings. The fourth-order valence-corrected chi connectivity index (χ4v) is 3.23. The van der Waals surface area contributed by atoms with Gasteiger partial charge in [0.25, 0.3) is 5.91 Å². The van der Waals surface area contributed by atoms with Gasteiger partial charge in [0.15, 0.2) is 0 Å². The summed E-state index contributed by atoms with van der Waals surface area (Å²) >= 11 is 0. The van der Waals surface area contributed by atoms with E-state index in [-0.39, 0.29) is 6.04 Å². The number of amides is 1. The van der Waals surface area contributed by atoms with Crippen LogP contribution in [0.5, 0.6) is 0 Å². The highest BCUT2D eigenvalue weighted by molar-refractivity contribution is 5.86. The molecule has 1 unspecified atom stereocenters. The fraction of sp³-hybridized carbons (Fsp3) is 0.929. The van der Waals surface area contributed by atoms with E-state index in [1.165, 1.54) is 38.5 Å². The van der Waals surface area contributed by atoms with Crippen LogP contribution in [0.2, 0.25) is 0 Å². The van der Waals surface area contributed by atoms with Gasteiger partial charge in [-0.25, -0.2) is 5.43 Å². The summed E-state index contributed by atoms with van der Waals surface area (Å²) in [5.74, 6) is 1.15. The molecule has 18 heavy (non-hydrogen) atoms. The molecule has 4 heteroatoms. The number of hydrazine groups is 1. The Morgan fingerprint density at radius 3 is 2.61 bits per heavy atom. The molecular weight excluding hydrogens is 226 g/mol. The summed E-state index contributed by atoms with van der Waals surface area (Å²) in [4.78, 5) is 14.3. The molecule has 1 atom stereocenters. The molecule has 2 aliphatic carbocycles. The summed E-state index contributed by atoms with van der Waals surface area (Å²) in [6, 6.07) is 0.887. The predicted octanol–water partition coefficient (Wildman–Crippen LogP) is 1.38. The zero-order valence-corrected chi connectivity index (χ0v) is 11.4. The van der Waals surface area contributed by atoms with Crippen molar-refractivity contribution in [2.24, 2.45) is 5.92 Å². The molecule has 1 N–H and O–H groups in total. The molecule has 1 saturated heterocycles. The van der Waals surface area contributed by atoms with E-state index >= 15 is 0 Å². The lowest BCUT2D eigenvalue weighted by atomic mass is 10.1. The van der Waals surface area contributed by atoms with Crippen molar-refractivity contribution in [2.45, 2.75) is 57.0 Å². The average Bonchev–Trinajstić information content (AvgIpc) is 3.02. The molecule has 0 aromatic rings. The largest absolute Gasteiger partial charge is 0.302 e. The highest BCUT2D eigenvalue weighted by Crippen LogP contribution is 2.35. The van der Waals surface area contributed by atoms with Gasteiger partial charge in [-0.1, -0.05) is 25.7 Å². The highest BCUT2D eigenvalue weighted by Gasteiger charge is 2.39. The van der Waals surface area contributed by atoms with Crippen LogP contribution in [0.15, 0.2) is 0 Å². The number of carbonyl (C=O) groups excluding carboxylic acids is 1. The first kappa shape index (κ1) is 12.4. The monoisotopic (exact) mass is 251 g/mol. The Labute approximate surface area is 110 Å². The van der Waals surface area contributed by atoms with Gasteiger partial charge < -0.3 is 4.90 Å². The second-order valence-corrected chi connectivity index (χ2v) is 6.27. The predicted molar refractivity (Wildman–Crippen MR) is 70.9 cm³/mol. The van der Waals surface area contributed by atoms with E-state index in [0.717, 1.165) is 31.5 Å². The van der Waals surface area contributed by atoms with Crippen LogP contribution >= 0.6 is 0 Å². The molecular formula is C14H25N3O.